The van der Waals surface area contributed by atoms with Crippen LogP contribution in [0.3, 0.4) is 0 Å². The second-order valence-corrected chi connectivity index (χ2v) is 3.35. The van der Waals surface area contributed by atoms with Crippen molar-refractivity contribution in [3.63, 3.8) is 0 Å². The number of ether oxygens (including phenoxy) is 1. The zero-order valence-electron chi connectivity index (χ0n) is 8.94. The van der Waals surface area contributed by atoms with Gasteiger partial charge in [-0.3, -0.25) is 10.1 Å². The summed E-state index contributed by atoms with van der Waals surface area (Å²) in [7, 11) is 0. The smallest absolute Gasteiger partial charge is 0.270 e. The average Bonchev–Trinajstić information content (AvgIpc) is 2.35. The molecule has 1 rings (SSSR count). The Hall–Kier alpha value is -1.70. The van der Waals surface area contributed by atoms with Crippen molar-refractivity contribution in [2.24, 2.45) is 0 Å². The summed E-state index contributed by atoms with van der Waals surface area (Å²) in [5.41, 5.74) is 0.105. The molecule has 7 heteroatoms. The van der Waals surface area contributed by atoms with Crippen LogP contribution in [0.4, 0.5) is 5.69 Å². The number of hydrogen-bond donors (Lipinski definition) is 3. The van der Waals surface area contributed by atoms with Crippen molar-refractivity contribution in [1.82, 2.24) is 0 Å². The van der Waals surface area contributed by atoms with Gasteiger partial charge in [-0.1, -0.05) is 0 Å². The lowest BCUT2D eigenvalue weighted by Gasteiger charge is -2.12. The van der Waals surface area contributed by atoms with Crippen LogP contribution in [0.2, 0.25) is 0 Å². The van der Waals surface area contributed by atoms with E-state index in [1.54, 1.807) is 0 Å². The molecule has 0 amide bonds. The van der Waals surface area contributed by atoms with Crippen molar-refractivity contribution in [3.05, 3.63) is 33.9 Å². The van der Waals surface area contributed by atoms with E-state index >= 15 is 0 Å². The first-order valence-corrected chi connectivity index (χ1v) is 4.88. The first-order valence-electron chi connectivity index (χ1n) is 4.88. The van der Waals surface area contributed by atoms with Gasteiger partial charge in [0, 0.05) is 17.7 Å². The van der Waals surface area contributed by atoms with E-state index in [4.69, 9.17) is 20.1 Å². The third kappa shape index (κ3) is 3.66. The third-order valence-electron chi connectivity index (χ3n) is 2.07. The summed E-state index contributed by atoms with van der Waals surface area (Å²) in [6.07, 6.45) is -1.03. The first-order chi connectivity index (χ1) is 8.08. The molecule has 1 aromatic carbocycles. The summed E-state index contributed by atoms with van der Waals surface area (Å²) >= 11 is 0. The molecule has 0 aliphatic heterocycles. The van der Waals surface area contributed by atoms with E-state index in [2.05, 4.69) is 0 Å². The predicted octanol–water partition coefficient (Wildman–Crippen LogP) is -0.181. The highest BCUT2D eigenvalue weighted by Crippen LogP contribution is 2.24. The fourth-order valence-corrected chi connectivity index (χ4v) is 1.18. The minimum absolute atomic E-state index is 0.149. The molecule has 94 valence electrons. The van der Waals surface area contributed by atoms with Crippen molar-refractivity contribution in [1.29, 1.82) is 0 Å². The van der Waals surface area contributed by atoms with Crippen LogP contribution in [0.15, 0.2) is 18.2 Å². The zero-order chi connectivity index (χ0) is 12.8. The number of nitro groups is 1. The van der Waals surface area contributed by atoms with Crippen molar-refractivity contribution >= 4 is 5.69 Å². The molecule has 0 saturated carbocycles. The number of non-ortho nitro benzene ring substituents is 1. The molecule has 7 nitrogen and oxygen atoms in total. The Morgan fingerprint density at radius 1 is 1.41 bits per heavy atom. The predicted molar refractivity (Wildman–Crippen MR) is 57.6 cm³/mol. The molecule has 0 radical (unpaired) electrons. The molecule has 0 fully saturated rings. The van der Waals surface area contributed by atoms with Gasteiger partial charge in [0.25, 0.3) is 5.69 Å². The lowest BCUT2D eigenvalue weighted by atomic mass is 10.2. The Kier molecular flexibility index (Phi) is 4.83. The number of hydrogen-bond acceptors (Lipinski definition) is 6. The summed E-state index contributed by atoms with van der Waals surface area (Å²) in [6, 6.07) is 3.77. The van der Waals surface area contributed by atoms with Gasteiger partial charge in [-0.15, -0.1) is 0 Å². The second kappa shape index (κ2) is 6.14. The number of aliphatic hydroxyl groups is 3. The molecule has 0 heterocycles. The molecular weight excluding hydrogens is 230 g/mol. The summed E-state index contributed by atoms with van der Waals surface area (Å²) in [4.78, 5) is 9.92. The van der Waals surface area contributed by atoms with Gasteiger partial charge < -0.3 is 20.1 Å². The Balaban J connectivity index is 2.82. The van der Waals surface area contributed by atoms with Gasteiger partial charge in [0.1, 0.15) is 18.5 Å². The molecule has 0 aromatic heterocycles. The fourth-order valence-electron chi connectivity index (χ4n) is 1.18. The Bertz CT molecular complexity index is 394. The van der Waals surface area contributed by atoms with E-state index < -0.39 is 24.2 Å². The zero-order valence-corrected chi connectivity index (χ0v) is 8.94. The van der Waals surface area contributed by atoms with Gasteiger partial charge in [-0.2, -0.15) is 0 Å². The topological polar surface area (TPSA) is 113 Å². The monoisotopic (exact) mass is 243 g/mol. The van der Waals surface area contributed by atoms with Crippen molar-refractivity contribution < 1.29 is 25.0 Å². The molecule has 0 bridgehead atoms. The largest absolute Gasteiger partial charge is 0.490 e. The molecule has 17 heavy (non-hydrogen) atoms. The minimum atomic E-state index is -1.03. The lowest BCUT2D eigenvalue weighted by Crippen LogP contribution is -2.21. The molecule has 0 saturated heterocycles. The number of nitro benzene ring substituents is 1. The average molecular weight is 243 g/mol. The van der Waals surface area contributed by atoms with Crippen molar-refractivity contribution in [2.75, 3.05) is 13.2 Å². The van der Waals surface area contributed by atoms with Crippen molar-refractivity contribution in [2.45, 2.75) is 12.7 Å². The van der Waals surface area contributed by atoms with E-state index in [1.807, 2.05) is 0 Å². The fraction of sp³-hybridized carbons (Fsp3) is 0.400. The third-order valence-corrected chi connectivity index (χ3v) is 2.07. The van der Waals surface area contributed by atoms with Crippen LogP contribution in [0.25, 0.3) is 0 Å². The van der Waals surface area contributed by atoms with E-state index in [0.717, 1.165) is 0 Å². The number of benzene rings is 1. The Morgan fingerprint density at radius 2 is 2.12 bits per heavy atom. The summed E-state index contributed by atoms with van der Waals surface area (Å²) in [5.74, 6) is 0.241. The van der Waals surface area contributed by atoms with Gasteiger partial charge >= 0.3 is 0 Å². The number of aliphatic hydroxyl groups excluding tert-OH is 3. The van der Waals surface area contributed by atoms with Crippen LogP contribution >= 0.6 is 0 Å². The van der Waals surface area contributed by atoms with Crippen LogP contribution in [-0.4, -0.2) is 39.6 Å². The standard InChI is InChI=1S/C10H13NO6/c12-4-7-3-8(11(15)16)1-2-10(7)17-6-9(14)5-13/h1-3,9,12-14H,4-6H2. The summed E-state index contributed by atoms with van der Waals surface area (Å²) in [5, 5.41) is 37.2. The van der Waals surface area contributed by atoms with Gasteiger partial charge in [-0.05, 0) is 6.07 Å². The molecule has 1 unspecified atom stereocenters. The molecule has 1 aromatic rings. The van der Waals surface area contributed by atoms with E-state index in [0.29, 0.717) is 0 Å². The molecule has 0 aliphatic carbocycles. The maximum absolute atomic E-state index is 10.5. The molecule has 0 aliphatic rings. The number of rotatable bonds is 6. The van der Waals surface area contributed by atoms with Crippen LogP contribution in [0.1, 0.15) is 5.56 Å². The highest BCUT2D eigenvalue weighted by molar-refractivity contribution is 5.43. The maximum Gasteiger partial charge on any atom is 0.270 e. The minimum Gasteiger partial charge on any atom is -0.490 e. The van der Waals surface area contributed by atoms with Gasteiger partial charge in [0.05, 0.1) is 18.1 Å². The quantitative estimate of drug-likeness (QED) is 0.472. The maximum atomic E-state index is 10.5. The summed E-state index contributed by atoms with van der Waals surface area (Å²) < 4.78 is 5.12. The molecule has 3 N–H and O–H groups in total. The number of nitrogens with zero attached hydrogens (tertiary/aromatic N) is 1. The first kappa shape index (κ1) is 13.4. The summed E-state index contributed by atoms with van der Waals surface area (Å²) in [6.45, 7) is -1.00. The van der Waals surface area contributed by atoms with Crippen LogP contribution in [0, 0.1) is 10.1 Å². The highest BCUT2D eigenvalue weighted by atomic mass is 16.6. The van der Waals surface area contributed by atoms with Gasteiger partial charge in [0.2, 0.25) is 0 Å². The highest BCUT2D eigenvalue weighted by Gasteiger charge is 2.12. The second-order valence-electron chi connectivity index (χ2n) is 3.35. The van der Waals surface area contributed by atoms with Gasteiger partial charge in [0.15, 0.2) is 0 Å². The molecular formula is C10H13NO6. The van der Waals surface area contributed by atoms with Gasteiger partial charge in [-0.25, -0.2) is 0 Å². The Labute approximate surface area is 97.0 Å². The van der Waals surface area contributed by atoms with E-state index in [9.17, 15) is 10.1 Å². The van der Waals surface area contributed by atoms with E-state index in [-0.39, 0.29) is 23.6 Å². The van der Waals surface area contributed by atoms with Crippen LogP contribution in [0.5, 0.6) is 5.75 Å². The molecule has 1 atom stereocenters. The van der Waals surface area contributed by atoms with Crippen molar-refractivity contribution in [3.8, 4) is 5.75 Å². The normalized spacial score (nSPS) is 12.2. The SMILES string of the molecule is O=[N+]([O-])c1ccc(OCC(O)CO)c(CO)c1. The van der Waals surface area contributed by atoms with Crippen LogP contribution < -0.4 is 4.74 Å². The lowest BCUT2D eigenvalue weighted by molar-refractivity contribution is -0.385. The van der Waals surface area contributed by atoms with E-state index in [1.165, 1.54) is 18.2 Å². The molecule has 0 spiro atoms. The Morgan fingerprint density at radius 3 is 2.65 bits per heavy atom. The van der Waals surface area contributed by atoms with Crippen LogP contribution in [-0.2, 0) is 6.61 Å².